The van der Waals surface area contributed by atoms with E-state index in [0.29, 0.717) is 22.9 Å². The molecule has 2 heterocycles. The van der Waals surface area contributed by atoms with Gasteiger partial charge in [-0.2, -0.15) is 5.10 Å². The molecule has 0 bridgehead atoms. The van der Waals surface area contributed by atoms with Crippen LogP contribution in [0.4, 0.5) is 11.5 Å². The summed E-state index contributed by atoms with van der Waals surface area (Å²) in [6.45, 7) is 3.59. The normalized spacial score (nSPS) is 19.6. The highest BCUT2D eigenvalue weighted by Gasteiger charge is 2.20. The molecule has 0 spiro atoms. The number of allylic oxidation sites excluding steroid dienone is 3. The molecule has 7 nitrogen and oxygen atoms in total. The number of rotatable bonds is 2. The Morgan fingerprint density at radius 3 is 2.71 bits per heavy atom. The number of aryl methyl sites for hydroxylation is 1. The summed E-state index contributed by atoms with van der Waals surface area (Å²) < 4.78 is 3.91. The minimum atomic E-state index is -0.124. The molecule has 2 aliphatic rings. The summed E-state index contributed by atoms with van der Waals surface area (Å²) in [5.41, 5.74) is 9.02. The first-order valence-corrected chi connectivity index (χ1v) is 8.20. The van der Waals surface area contributed by atoms with Crippen molar-refractivity contribution in [3.05, 3.63) is 30.1 Å². The average Bonchev–Trinajstić information content (AvgIpc) is 2.89. The number of anilines is 1. The molecule has 3 N–H and O–H groups in total. The van der Waals surface area contributed by atoms with E-state index < -0.39 is 0 Å². The van der Waals surface area contributed by atoms with E-state index in [-0.39, 0.29) is 5.91 Å². The summed E-state index contributed by atoms with van der Waals surface area (Å²) in [5, 5.41) is 6.97. The van der Waals surface area contributed by atoms with Crippen LogP contribution < -0.4 is 11.1 Å². The van der Waals surface area contributed by atoms with Gasteiger partial charge in [0.25, 0.3) is 0 Å². The molecule has 1 fully saturated rings. The molecule has 1 aliphatic heterocycles. The lowest BCUT2D eigenvalue weighted by Gasteiger charge is -2.15. The second-order valence-corrected chi connectivity index (χ2v) is 6.08. The SMILES string of the molecule is CC(=O)NC1=CC(=[N+]2CCCCC2)C=C/C1=N/c1cnn(C)c1N. The maximum absolute atomic E-state index is 11.6. The Bertz CT molecular complexity index is 773. The quantitative estimate of drug-likeness (QED) is 0.634. The van der Waals surface area contributed by atoms with Gasteiger partial charge in [0.05, 0.1) is 17.6 Å². The lowest BCUT2D eigenvalue weighted by Crippen LogP contribution is -2.31. The standard InChI is InChI=1S/C17H22N6O/c1-12(24)20-15-10-13(23-8-4-3-5-9-23)6-7-14(15)21-16-11-19-22(2)17(16)18/h6-7,10-11H,3-5,8-9H2,1-2H3,(H2,18,19,20,24)/p+1. The summed E-state index contributed by atoms with van der Waals surface area (Å²) in [4.78, 5) is 16.1. The van der Waals surface area contributed by atoms with Gasteiger partial charge in [0.2, 0.25) is 11.6 Å². The van der Waals surface area contributed by atoms with Crippen LogP contribution in [0.2, 0.25) is 0 Å². The number of nitrogens with two attached hydrogens (primary N) is 1. The monoisotopic (exact) mass is 327 g/mol. The zero-order valence-electron chi connectivity index (χ0n) is 14.1. The van der Waals surface area contributed by atoms with Crippen LogP contribution in [0.25, 0.3) is 0 Å². The number of amides is 1. The van der Waals surface area contributed by atoms with Crippen molar-refractivity contribution in [3.63, 3.8) is 0 Å². The molecule has 0 radical (unpaired) electrons. The molecule has 1 aromatic heterocycles. The van der Waals surface area contributed by atoms with Crippen molar-refractivity contribution in [1.29, 1.82) is 0 Å². The van der Waals surface area contributed by atoms with Crippen LogP contribution in [-0.4, -0.2) is 44.8 Å². The molecule has 0 saturated carbocycles. The number of nitrogens with one attached hydrogen (secondary N) is 1. The number of aromatic nitrogens is 2. The third-order valence-electron chi connectivity index (χ3n) is 4.22. The van der Waals surface area contributed by atoms with E-state index in [1.807, 2.05) is 18.2 Å². The van der Waals surface area contributed by atoms with Crippen LogP contribution >= 0.6 is 0 Å². The van der Waals surface area contributed by atoms with Gasteiger partial charge in [-0.15, -0.1) is 0 Å². The Morgan fingerprint density at radius 2 is 2.08 bits per heavy atom. The van der Waals surface area contributed by atoms with Crippen LogP contribution in [0.3, 0.4) is 0 Å². The topological polar surface area (TPSA) is 88.3 Å². The summed E-state index contributed by atoms with van der Waals surface area (Å²) in [5.74, 6) is 0.366. The van der Waals surface area contributed by atoms with Crippen LogP contribution in [0.1, 0.15) is 26.2 Å². The molecule has 7 heteroatoms. The maximum Gasteiger partial charge on any atom is 0.221 e. The fourth-order valence-corrected chi connectivity index (χ4v) is 2.91. The Labute approximate surface area is 141 Å². The van der Waals surface area contributed by atoms with Crippen LogP contribution in [0.15, 0.2) is 35.1 Å². The minimum Gasteiger partial charge on any atom is -0.382 e. The van der Waals surface area contributed by atoms with Gasteiger partial charge >= 0.3 is 0 Å². The number of nitrogens with zero attached hydrogens (tertiary/aromatic N) is 4. The van der Waals surface area contributed by atoms with Gasteiger partial charge in [-0.1, -0.05) is 0 Å². The lowest BCUT2D eigenvalue weighted by molar-refractivity contribution is -0.535. The van der Waals surface area contributed by atoms with Gasteiger partial charge in [0.1, 0.15) is 24.6 Å². The molecule has 0 atom stereocenters. The van der Waals surface area contributed by atoms with Crippen molar-refractivity contribution < 1.29 is 9.37 Å². The highest BCUT2D eigenvalue weighted by molar-refractivity contribution is 6.21. The molecule has 0 unspecified atom stereocenters. The van der Waals surface area contributed by atoms with E-state index in [1.165, 1.54) is 26.2 Å². The minimum absolute atomic E-state index is 0.124. The van der Waals surface area contributed by atoms with E-state index in [1.54, 1.807) is 17.9 Å². The van der Waals surface area contributed by atoms with E-state index >= 15 is 0 Å². The van der Waals surface area contributed by atoms with E-state index in [9.17, 15) is 4.79 Å². The number of carbonyl (C=O) groups is 1. The molecule has 126 valence electrons. The third-order valence-corrected chi connectivity index (χ3v) is 4.22. The summed E-state index contributed by atoms with van der Waals surface area (Å²) >= 11 is 0. The van der Waals surface area contributed by atoms with Gasteiger partial charge in [0, 0.05) is 39.0 Å². The molecule has 1 amide bonds. The average molecular weight is 327 g/mol. The van der Waals surface area contributed by atoms with Crippen LogP contribution in [-0.2, 0) is 11.8 Å². The van der Waals surface area contributed by atoms with Gasteiger partial charge in [-0.05, 0) is 12.5 Å². The Morgan fingerprint density at radius 1 is 1.33 bits per heavy atom. The number of hydrogen-bond acceptors (Lipinski definition) is 4. The predicted octanol–water partition coefficient (Wildman–Crippen LogP) is 1.30. The molecule has 0 aromatic carbocycles. The molecule has 3 rings (SSSR count). The lowest BCUT2D eigenvalue weighted by atomic mass is 10.1. The fourth-order valence-electron chi connectivity index (χ4n) is 2.91. The summed E-state index contributed by atoms with van der Waals surface area (Å²) in [7, 11) is 1.77. The molecule has 1 aromatic rings. The Kier molecular flexibility index (Phi) is 4.59. The molecule has 24 heavy (non-hydrogen) atoms. The molecular weight excluding hydrogens is 304 g/mol. The van der Waals surface area contributed by atoms with Crippen molar-refractivity contribution in [2.24, 2.45) is 12.0 Å². The second-order valence-electron chi connectivity index (χ2n) is 6.08. The predicted molar refractivity (Wildman–Crippen MR) is 94.6 cm³/mol. The number of hydrogen-bond donors (Lipinski definition) is 2. The van der Waals surface area contributed by atoms with Gasteiger partial charge in [-0.3, -0.25) is 9.48 Å². The largest absolute Gasteiger partial charge is 0.382 e. The van der Waals surface area contributed by atoms with Gasteiger partial charge < -0.3 is 11.1 Å². The number of carbonyl (C=O) groups excluding carboxylic acids is 1. The van der Waals surface area contributed by atoms with Crippen molar-refractivity contribution in [1.82, 2.24) is 15.1 Å². The van der Waals surface area contributed by atoms with Crippen molar-refractivity contribution >= 4 is 28.8 Å². The highest BCUT2D eigenvalue weighted by Crippen LogP contribution is 2.22. The van der Waals surface area contributed by atoms with Crippen molar-refractivity contribution in [3.8, 4) is 0 Å². The second kappa shape index (κ2) is 6.82. The van der Waals surface area contributed by atoms with E-state index in [2.05, 4.69) is 20.0 Å². The van der Waals surface area contributed by atoms with Crippen LogP contribution in [0.5, 0.6) is 0 Å². The van der Waals surface area contributed by atoms with Crippen molar-refractivity contribution in [2.45, 2.75) is 26.2 Å². The Balaban J connectivity index is 1.97. The zero-order valence-corrected chi connectivity index (χ0v) is 14.1. The maximum atomic E-state index is 11.6. The third kappa shape index (κ3) is 3.45. The van der Waals surface area contributed by atoms with Crippen molar-refractivity contribution in [2.75, 3.05) is 18.8 Å². The van der Waals surface area contributed by atoms with Crippen LogP contribution in [0, 0.1) is 0 Å². The zero-order chi connectivity index (χ0) is 17.1. The Hall–Kier alpha value is -2.70. The first-order chi connectivity index (χ1) is 11.5. The summed E-state index contributed by atoms with van der Waals surface area (Å²) in [6, 6.07) is 0. The van der Waals surface area contributed by atoms with Gasteiger partial charge in [0.15, 0.2) is 0 Å². The fraction of sp³-hybridized carbons (Fsp3) is 0.412. The number of aliphatic imine (C=N–C) groups is 1. The first-order valence-electron chi connectivity index (χ1n) is 8.20. The van der Waals surface area contributed by atoms with E-state index in [4.69, 9.17) is 5.73 Å². The molecule has 1 saturated heterocycles. The first kappa shape index (κ1) is 16.2. The van der Waals surface area contributed by atoms with Gasteiger partial charge in [-0.25, -0.2) is 9.57 Å². The van der Waals surface area contributed by atoms with E-state index in [0.717, 1.165) is 18.8 Å². The number of nitrogen functional groups attached to an aromatic ring is 1. The smallest absolute Gasteiger partial charge is 0.221 e. The molecular formula is C17H23N6O+. The highest BCUT2D eigenvalue weighted by atomic mass is 16.1. The molecule has 1 aliphatic carbocycles. The number of piperidine rings is 1. The summed E-state index contributed by atoms with van der Waals surface area (Å²) in [6.07, 6.45) is 11.2.